The fourth-order valence-electron chi connectivity index (χ4n) is 10.9. The molecule has 8 atom stereocenters. The van der Waals surface area contributed by atoms with Gasteiger partial charge >= 0.3 is 24.0 Å². The van der Waals surface area contributed by atoms with Gasteiger partial charge in [0.15, 0.2) is 6.10 Å². The number of aliphatic carboxylic acids is 1. The van der Waals surface area contributed by atoms with Crippen LogP contribution in [0.2, 0.25) is 5.02 Å². The molecule has 2 heterocycles. The van der Waals surface area contributed by atoms with E-state index in [-0.39, 0.29) is 143 Å². The molecular weight excluding hydrogens is 1490 g/mol. The number of carbonyl (C=O) groups is 12. The summed E-state index contributed by atoms with van der Waals surface area (Å²) in [6, 6.07) is 15.5. The maximum Gasteiger partial charge on any atom is 0.407 e. The molecule has 3 aromatic rings. The van der Waals surface area contributed by atoms with Crippen LogP contribution < -0.4 is 47.3 Å². The Labute approximate surface area is 650 Å². The summed E-state index contributed by atoms with van der Waals surface area (Å²) in [6.45, 7) is 14.6. The van der Waals surface area contributed by atoms with Crippen molar-refractivity contribution in [3.05, 3.63) is 106 Å². The van der Waals surface area contributed by atoms with Gasteiger partial charge in [-0.1, -0.05) is 94.8 Å². The Morgan fingerprint density at radius 3 is 1.95 bits per heavy atom. The predicted molar refractivity (Wildman–Crippen MR) is 401 cm³/mol. The first-order chi connectivity index (χ1) is 52.6. The summed E-state index contributed by atoms with van der Waals surface area (Å²) < 4.78 is 80.3. The second-order valence-electron chi connectivity index (χ2n) is 27.9. The van der Waals surface area contributed by atoms with Crippen molar-refractivity contribution in [1.29, 1.82) is 0 Å². The molecule has 3 aromatic carbocycles. The third kappa shape index (κ3) is 35.3. The lowest BCUT2D eigenvalue weighted by Gasteiger charge is -2.29. The fraction of sp³-hybridized carbons (Fsp3) is 0.573. The molecule has 1 saturated heterocycles. The van der Waals surface area contributed by atoms with Crippen LogP contribution in [0.4, 0.5) is 10.5 Å². The number of rotatable bonds is 44. The monoisotopic (exact) mass is 1600 g/mol. The highest BCUT2D eigenvalue weighted by Gasteiger charge is 2.48. The molecule has 1 fully saturated rings. The van der Waals surface area contributed by atoms with Gasteiger partial charge in [-0.3, -0.25) is 52.5 Å². The normalized spacial score (nSPS) is 18.4. The topological polar surface area (TPSA) is 465 Å². The minimum atomic E-state index is -4.31. The summed E-state index contributed by atoms with van der Waals surface area (Å²) in [7, 11) is -2.83. The van der Waals surface area contributed by atoms with E-state index < -0.39 is 153 Å². The van der Waals surface area contributed by atoms with Crippen LogP contribution >= 0.6 is 11.6 Å². The van der Waals surface area contributed by atoms with E-state index in [9.17, 15) is 71.1 Å². The molecule has 0 aliphatic carbocycles. The molecule has 614 valence electrons. The number of alkyl carbamates (subject to hydrolysis) is 1. The molecule has 0 saturated carbocycles. The van der Waals surface area contributed by atoms with Crippen LogP contribution in [0.5, 0.6) is 5.75 Å². The number of epoxide rings is 1. The highest BCUT2D eigenvalue weighted by Crippen LogP contribution is 2.45. The Morgan fingerprint density at radius 2 is 1.33 bits per heavy atom. The van der Waals surface area contributed by atoms with E-state index in [2.05, 4.69) is 37.2 Å². The van der Waals surface area contributed by atoms with Crippen molar-refractivity contribution in [3.8, 4) is 5.75 Å². The number of ether oxygens (including phenoxy) is 9. The molecule has 0 unspecified atom stereocenters. The second kappa shape index (κ2) is 47.1. The maximum absolute atomic E-state index is 14.0. The van der Waals surface area contributed by atoms with Crippen molar-refractivity contribution in [2.45, 2.75) is 162 Å². The lowest BCUT2D eigenvalue weighted by molar-refractivity contribution is -0.179. The number of cyclic esters (lactones) is 2. The number of esters is 2. The first kappa shape index (κ1) is 92.2. The first-order valence-corrected chi connectivity index (χ1v) is 38.5. The molecule has 9 amide bonds. The molecule has 34 nitrogen and oxygen atoms in total. The van der Waals surface area contributed by atoms with Gasteiger partial charge in [-0.15, -0.1) is 0 Å². The Morgan fingerprint density at radius 1 is 0.712 bits per heavy atom. The number of benzene rings is 3. The van der Waals surface area contributed by atoms with E-state index in [1.54, 1.807) is 76.2 Å². The Hall–Kier alpha value is -9.36. The van der Waals surface area contributed by atoms with E-state index >= 15 is 0 Å². The molecule has 2 aliphatic rings. The number of hydrogen-bond donors (Lipinski definition) is 10. The van der Waals surface area contributed by atoms with E-state index in [4.69, 9.17) is 58.8 Å². The fourth-order valence-corrected chi connectivity index (χ4v) is 11.5. The number of anilines is 1. The molecule has 111 heavy (non-hydrogen) atoms. The number of carboxylic acids is 1. The van der Waals surface area contributed by atoms with Crippen molar-refractivity contribution in [1.82, 2.24) is 42.1 Å². The lowest BCUT2D eigenvalue weighted by Crippen LogP contribution is -2.54. The Balaban J connectivity index is 1.01. The summed E-state index contributed by atoms with van der Waals surface area (Å²) in [5.41, 5.74) is 1.84. The van der Waals surface area contributed by atoms with Crippen LogP contribution in [0.1, 0.15) is 129 Å². The van der Waals surface area contributed by atoms with Gasteiger partial charge in [-0.25, -0.2) is 9.59 Å². The second-order valence-corrected chi connectivity index (χ2v) is 29.7. The maximum atomic E-state index is 14.0. The molecule has 36 heteroatoms. The van der Waals surface area contributed by atoms with Gasteiger partial charge in [0, 0.05) is 82.9 Å². The van der Waals surface area contributed by atoms with Gasteiger partial charge in [0.05, 0.1) is 82.9 Å². The zero-order valence-corrected chi connectivity index (χ0v) is 65.6. The summed E-state index contributed by atoms with van der Waals surface area (Å²) in [5.74, 6) is -8.79. The van der Waals surface area contributed by atoms with Crippen LogP contribution in [0.3, 0.4) is 0 Å². The largest absolute Gasteiger partial charge is 0.495 e. The minimum absolute atomic E-state index is 0.0265. The Kier molecular flexibility index (Phi) is 39.1. The van der Waals surface area contributed by atoms with Crippen molar-refractivity contribution >= 4 is 98.7 Å². The van der Waals surface area contributed by atoms with Gasteiger partial charge in [0.25, 0.3) is 10.1 Å². The van der Waals surface area contributed by atoms with E-state index in [1.807, 2.05) is 50.4 Å². The number of halogens is 1. The van der Waals surface area contributed by atoms with Crippen molar-refractivity contribution in [2.75, 3.05) is 97.3 Å². The van der Waals surface area contributed by atoms with Gasteiger partial charge in [-0.2, -0.15) is 8.42 Å². The average molecular weight is 1600 g/mol. The van der Waals surface area contributed by atoms with Crippen molar-refractivity contribution in [2.24, 2.45) is 23.2 Å². The van der Waals surface area contributed by atoms with E-state index in [1.165, 1.54) is 20.1 Å². The number of carbonyl (C=O) groups excluding carboxylic acids is 11. The van der Waals surface area contributed by atoms with Gasteiger partial charge in [0.2, 0.25) is 47.3 Å². The molecular formula is C75H106ClN9O25S. The molecule has 0 spiro atoms. The van der Waals surface area contributed by atoms with E-state index in [0.717, 1.165) is 16.0 Å². The van der Waals surface area contributed by atoms with Gasteiger partial charge < -0.3 is 95.2 Å². The number of hydrogen-bond acceptors (Lipinski definition) is 23. The van der Waals surface area contributed by atoms with Crippen LogP contribution in [0, 0.1) is 23.2 Å². The zero-order valence-electron chi connectivity index (χ0n) is 64.1. The molecule has 10 N–H and O–H groups in total. The third-order valence-corrected chi connectivity index (χ3v) is 18.2. The summed E-state index contributed by atoms with van der Waals surface area (Å²) >= 11 is 6.39. The van der Waals surface area contributed by atoms with Crippen LogP contribution in [0.15, 0.2) is 78.9 Å². The molecule has 5 rings (SSSR count). The number of nitrogens with one attached hydrogen (secondary N) is 8. The molecule has 0 bridgehead atoms. The SMILES string of the molecule is COc1ccc(C[C@H]2NC(=O)/C=C/C[C@@H]([C@H](C)[C@H]3O[C@@H]3c3ccc(CNC(=O)OCc4ccc(NC(=O)[C@H](C)NC(=O)[C@@H](NC(=O)CCN(CCC(=O)O)C(=O)CCC(=O)NCCOCCOCCOCCOCCC(=O)NCS(=O)(=O)O)C(C)C)cc4)cc3)OC(=O)[C@H](CC(C)C)OC(=O)C(C)(C)CNC2=O)cc1Cl. The smallest absolute Gasteiger partial charge is 0.407 e. The number of carboxylic acid groups (broad SMARTS) is 1. The molecule has 0 aromatic heterocycles. The molecule has 0 radical (unpaired) electrons. The number of nitrogens with zero attached hydrogens (tertiary/aromatic N) is 1. The van der Waals surface area contributed by atoms with Crippen molar-refractivity contribution < 1.29 is 118 Å². The standard InChI is InChI=1S/C75H106ClN9O25S/c1-46(2)39-59-72(96)108-57(11-10-12-62(88)83-56(41-52-17-22-58(102-9)55(76)40-52)70(94)79-44-75(7,8)73(97)109-59)48(5)67-68(110-67)53-18-13-50(14-19-53)42-78-74(98)107-43-51-15-20-54(21-16-51)82-69(93)49(6)81-71(95)66(47(3)4)84-63(89)25-29-85(30-26-65(91)92)64(90)24-23-60(86)77-28-32-104-34-36-106-38-37-105-35-33-103-31-27-61(87)80-45-111(99,100)101/h10,12-22,40,46-49,56-57,59,66-68H,11,23-39,41-45H2,1-9H3,(H,77,86)(H,78,98)(H,79,94)(H,80,87)(H,81,95)(H,82,93)(H,83,88)(H,84,89)(H,91,92)(H,99,100,101)/b12-10+/t48-,49-,56+,57-,59-,66-,67+,68+/m0/s1. The summed E-state index contributed by atoms with van der Waals surface area (Å²) in [5, 5.41) is 30.5. The van der Waals surface area contributed by atoms with Gasteiger partial charge in [0.1, 0.15) is 48.6 Å². The van der Waals surface area contributed by atoms with Crippen LogP contribution in [-0.2, 0) is 120 Å². The quantitative estimate of drug-likeness (QED) is 0.0125. The predicted octanol–water partition coefficient (Wildman–Crippen LogP) is 4.14. The van der Waals surface area contributed by atoms with E-state index in [0.29, 0.717) is 27.6 Å². The van der Waals surface area contributed by atoms with Crippen LogP contribution in [0.25, 0.3) is 0 Å². The lowest BCUT2D eigenvalue weighted by atomic mass is 9.92. The number of methoxy groups -OCH3 is 1. The molecule has 2 aliphatic heterocycles. The average Bonchev–Trinajstić information content (AvgIpc) is 1.63. The minimum Gasteiger partial charge on any atom is -0.495 e. The number of amides is 9. The van der Waals surface area contributed by atoms with Crippen molar-refractivity contribution in [3.63, 3.8) is 0 Å². The summed E-state index contributed by atoms with van der Waals surface area (Å²) in [6.07, 6.45) is -1.92. The first-order valence-electron chi connectivity index (χ1n) is 36.5. The zero-order chi connectivity index (χ0) is 81.8. The van der Waals surface area contributed by atoms with Crippen LogP contribution in [-0.4, -0.2) is 223 Å². The third-order valence-electron chi connectivity index (χ3n) is 17.4. The summed E-state index contributed by atoms with van der Waals surface area (Å²) in [4.78, 5) is 158. The Bertz CT molecular complexity index is 3750. The van der Waals surface area contributed by atoms with Gasteiger partial charge in [-0.05, 0) is 91.6 Å². The highest BCUT2D eigenvalue weighted by molar-refractivity contribution is 7.85. The highest BCUT2D eigenvalue weighted by atomic mass is 35.5.